The van der Waals surface area contributed by atoms with Gasteiger partial charge in [-0.15, -0.1) is 0 Å². The van der Waals surface area contributed by atoms with Crippen LogP contribution in [0.2, 0.25) is 5.02 Å². The zero-order valence-corrected chi connectivity index (χ0v) is 17.7. The fraction of sp³-hybridized carbons (Fsp3) is 0.0870. The lowest BCUT2D eigenvalue weighted by Gasteiger charge is -2.08. The van der Waals surface area contributed by atoms with Gasteiger partial charge in [-0.3, -0.25) is 0 Å². The predicted octanol–water partition coefficient (Wildman–Crippen LogP) is 5.21. The molecule has 0 unspecified atom stereocenters. The SMILES string of the molecule is Cc1cc(Cl)ccc1-c1oc(Cc2ccccc2)nc1-c1ccccc1S(N)(=O)=O. The molecular formula is C23H19ClN2O3S. The van der Waals surface area contributed by atoms with E-state index < -0.39 is 10.0 Å². The minimum absolute atomic E-state index is 0.00238. The Bertz CT molecular complexity index is 1320. The third-order valence-electron chi connectivity index (χ3n) is 4.75. The normalized spacial score (nSPS) is 11.6. The lowest BCUT2D eigenvalue weighted by molar-refractivity contribution is 0.519. The number of hydrogen-bond donors (Lipinski definition) is 1. The highest BCUT2D eigenvalue weighted by atomic mass is 35.5. The van der Waals surface area contributed by atoms with E-state index in [0.717, 1.165) is 16.7 Å². The Morgan fingerprint density at radius 2 is 1.67 bits per heavy atom. The van der Waals surface area contributed by atoms with Crippen molar-refractivity contribution in [1.82, 2.24) is 4.98 Å². The Balaban J connectivity index is 1.93. The number of nitrogens with zero attached hydrogens (tertiary/aromatic N) is 1. The minimum atomic E-state index is -3.95. The minimum Gasteiger partial charge on any atom is -0.440 e. The summed E-state index contributed by atoms with van der Waals surface area (Å²) in [7, 11) is -3.95. The molecule has 0 aliphatic rings. The number of rotatable bonds is 5. The van der Waals surface area contributed by atoms with Gasteiger partial charge in [0.15, 0.2) is 11.7 Å². The molecule has 5 nitrogen and oxygen atoms in total. The van der Waals surface area contributed by atoms with Crippen LogP contribution in [0.4, 0.5) is 0 Å². The van der Waals surface area contributed by atoms with E-state index in [-0.39, 0.29) is 4.90 Å². The van der Waals surface area contributed by atoms with Crippen molar-refractivity contribution >= 4 is 21.6 Å². The van der Waals surface area contributed by atoms with Gasteiger partial charge in [0.25, 0.3) is 0 Å². The van der Waals surface area contributed by atoms with Crippen LogP contribution in [0.25, 0.3) is 22.6 Å². The molecule has 2 N–H and O–H groups in total. The van der Waals surface area contributed by atoms with E-state index in [1.54, 1.807) is 24.3 Å². The van der Waals surface area contributed by atoms with Crippen LogP contribution >= 0.6 is 11.6 Å². The fourth-order valence-electron chi connectivity index (χ4n) is 3.37. The first-order valence-corrected chi connectivity index (χ1v) is 11.2. The van der Waals surface area contributed by atoms with Gasteiger partial charge in [0.2, 0.25) is 10.0 Å². The number of aromatic nitrogens is 1. The van der Waals surface area contributed by atoms with Crippen molar-refractivity contribution < 1.29 is 12.8 Å². The Morgan fingerprint density at radius 1 is 0.967 bits per heavy atom. The molecule has 152 valence electrons. The summed E-state index contributed by atoms with van der Waals surface area (Å²) in [5.41, 5.74) is 3.53. The monoisotopic (exact) mass is 438 g/mol. The predicted molar refractivity (Wildman–Crippen MR) is 118 cm³/mol. The molecule has 7 heteroatoms. The molecule has 0 spiro atoms. The topological polar surface area (TPSA) is 86.2 Å². The van der Waals surface area contributed by atoms with Crippen molar-refractivity contribution in [2.24, 2.45) is 5.14 Å². The smallest absolute Gasteiger partial charge is 0.238 e. The Kier molecular flexibility index (Phi) is 5.47. The number of nitrogens with two attached hydrogens (primary N) is 1. The molecule has 0 fully saturated rings. The zero-order chi connectivity index (χ0) is 21.3. The summed E-state index contributed by atoms with van der Waals surface area (Å²) in [6.07, 6.45) is 0.470. The second kappa shape index (κ2) is 8.07. The molecule has 0 radical (unpaired) electrons. The summed E-state index contributed by atoms with van der Waals surface area (Å²) in [4.78, 5) is 4.67. The van der Waals surface area contributed by atoms with E-state index >= 15 is 0 Å². The Hall–Kier alpha value is -2.93. The molecular weight excluding hydrogens is 420 g/mol. The van der Waals surface area contributed by atoms with Crippen molar-refractivity contribution in [2.75, 3.05) is 0 Å². The molecule has 0 saturated heterocycles. The van der Waals surface area contributed by atoms with Crippen LogP contribution in [-0.2, 0) is 16.4 Å². The van der Waals surface area contributed by atoms with Gasteiger partial charge < -0.3 is 4.42 Å². The molecule has 30 heavy (non-hydrogen) atoms. The van der Waals surface area contributed by atoms with E-state index in [2.05, 4.69) is 4.98 Å². The van der Waals surface area contributed by atoms with Gasteiger partial charge in [0, 0.05) is 22.6 Å². The molecule has 1 heterocycles. The molecule has 0 aliphatic heterocycles. The molecule has 4 aromatic rings. The first-order valence-electron chi connectivity index (χ1n) is 9.25. The largest absolute Gasteiger partial charge is 0.440 e. The average molecular weight is 439 g/mol. The second-order valence-electron chi connectivity index (χ2n) is 6.95. The van der Waals surface area contributed by atoms with Gasteiger partial charge in [0.05, 0.1) is 4.90 Å². The molecule has 0 saturated carbocycles. The molecule has 4 rings (SSSR count). The maximum absolute atomic E-state index is 12.2. The first kappa shape index (κ1) is 20.3. The number of aryl methyl sites for hydroxylation is 1. The van der Waals surface area contributed by atoms with Gasteiger partial charge in [-0.2, -0.15) is 0 Å². The zero-order valence-electron chi connectivity index (χ0n) is 16.2. The molecule has 3 aromatic carbocycles. The molecule has 0 aliphatic carbocycles. The van der Waals surface area contributed by atoms with Gasteiger partial charge >= 0.3 is 0 Å². The fourth-order valence-corrected chi connectivity index (χ4v) is 4.33. The van der Waals surface area contributed by atoms with Crippen LogP contribution in [0.15, 0.2) is 82.1 Å². The lowest BCUT2D eigenvalue weighted by atomic mass is 10.0. The van der Waals surface area contributed by atoms with Gasteiger partial charge in [-0.25, -0.2) is 18.5 Å². The van der Waals surface area contributed by atoms with Crippen LogP contribution < -0.4 is 5.14 Å². The van der Waals surface area contributed by atoms with Gasteiger partial charge in [-0.05, 0) is 42.3 Å². The Morgan fingerprint density at radius 3 is 2.37 bits per heavy atom. The van der Waals surface area contributed by atoms with E-state index in [4.69, 9.17) is 21.2 Å². The highest BCUT2D eigenvalue weighted by molar-refractivity contribution is 7.89. The third kappa shape index (κ3) is 4.16. The maximum atomic E-state index is 12.2. The number of primary sulfonamides is 1. The number of halogens is 1. The van der Waals surface area contributed by atoms with Crippen molar-refractivity contribution in [2.45, 2.75) is 18.2 Å². The summed E-state index contributed by atoms with van der Waals surface area (Å²) in [5.74, 6) is 0.955. The van der Waals surface area contributed by atoms with E-state index in [1.807, 2.05) is 49.4 Å². The van der Waals surface area contributed by atoms with Crippen molar-refractivity contribution in [3.8, 4) is 22.6 Å². The summed E-state index contributed by atoms with van der Waals surface area (Å²) in [6.45, 7) is 1.91. The average Bonchev–Trinajstić information content (AvgIpc) is 3.11. The van der Waals surface area contributed by atoms with Crippen molar-refractivity contribution in [3.63, 3.8) is 0 Å². The van der Waals surface area contributed by atoms with Crippen LogP contribution in [0, 0.1) is 6.92 Å². The van der Waals surface area contributed by atoms with Crippen molar-refractivity contribution in [3.05, 3.63) is 94.8 Å². The van der Waals surface area contributed by atoms with Gasteiger partial charge in [0.1, 0.15) is 5.69 Å². The molecule has 0 bridgehead atoms. The van der Waals surface area contributed by atoms with Crippen LogP contribution in [0.5, 0.6) is 0 Å². The number of sulfonamides is 1. The van der Waals surface area contributed by atoms with E-state index in [0.29, 0.717) is 34.4 Å². The highest BCUT2D eigenvalue weighted by Crippen LogP contribution is 2.38. The quantitative estimate of drug-likeness (QED) is 0.463. The lowest BCUT2D eigenvalue weighted by Crippen LogP contribution is -2.13. The summed E-state index contributed by atoms with van der Waals surface area (Å²) in [6, 6.07) is 21.7. The van der Waals surface area contributed by atoms with Crippen LogP contribution in [0.3, 0.4) is 0 Å². The molecule has 1 aromatic heterocycles. The second-order valence-corrected chi connectivity index (χ2v) is 8.91. The molecule has 0 atom stereocenters. The molecule has 0 amide bonds. The first-order chi connectivity index (χ1) is 14.3. The summed E-state index contributed by atoms with van der Waals surface area (Å²) in [5, 5.41) is 6.06. The third-order valence-corrected chi connectivity index (χ3v) is 5.96. The van der Waals surface area contributed by atoms with E-state index in [9.17, 15) is 8.42 Å². The standard InChI is InChI=1S/C23H19ClN2O3S/c1-15-13-17(24)11-12-18(15)23-22(19-9-5-6-10-20(19)30(25,27)28)26-21(29-23)14-16-7-3-2-4-8-16/h2-13H,14H2,1H3,(H2,25,27,28). The van der Waals surface area contributed by atoms with Crippen LogP contribution in [-0.4, -0.2) is 13.4 Å². The number of benzene rings is 3. The van der Waals surface area contributed by atoms with Crippen molar-refractivity contribution in [1.29, 1.82) is 0 Å². The van der Waals surface area contributed by atoms with Gasteiger partial charge in [-0.1, -0.05) is 60.1 Å². The Labute approximate surface area is 180 Å². The number of hydrogen-bond acceptors (Lipinski definition) is 4. The highest BCUT2D eigenvalue weighted by Gasteiger charge is 2.24. The number of oxazole rings is 1. The van der Waals surface area contributed by atoms with E-state index in [1.165, 1.54) is 6.07 Å². The summed E-state index contributed by atoms with van der Waals surface area (Å²) < 4.78 is 30.5. The van der Waals surface area contributed by atoms with Crippen LogP contribution in [0.1, 0.15) is 17.0 Å². The maximum Gasteiger partial charge on any atom is 0.238 e. The summed E-state index contributed by atoms with van der Waals surface area (Å²) >= 11 is 6.12.